The van der Waals surface area contributed by atoms with Crippen molar-refractivity contribution in [2.24, 2.45) is 0 Å². The second-order valence-electron chi connectivity index (χ2n) is 4.43. The molecular formula is C14H16N2O4. The number of carbonyl (C=O) groups is 3. The van der Waals surface area contributed by atoms with E-state index < -0.39 is 23.9 Å². The van der Waals surface area contributed by atoms with E-state index in [4.69, 9.17) is 4.74 Å². The van der Waals surface area contributed by atoms with E-state index >= 15 is 0 Å². The molecule has 0 saturated carbocycles. The van der Waals surface area contributed by atoms with Crippen LogP contribution >= 0.6 is 0 Å². The number of imide groups is 1. The fourth-order valence-corrected chi connectivity index (χ4v) is 2.09. The van der Waals surface area contributed by atoms with Gasteiger partial charge in [0.2, 0.25) is 0 Å². The van der Waals surface area contributed by atoms with Gasteiger partial charge in [-0.2, -0.15) is 0 Å². The van der Waals surface area contributed by atoms with Gasteiger partial charge in [0.15, 0.2) is 0 Å². The lowest BCUT2D eigenvalue weighted by Gasteiger charge is -2.21. The minimum absolute atomic E-state index is 0.127. The van der Waals surface area contributed by atoms with Crippen LogP contribution < -0.4 is 5.32 Å². The molecule has 0 radical (unpaired) electrons. The third-order valence-corrected chi connectivity index (χ3v) is 3.03. The number of hydrogen-bond donors (Lipinski definition) is 1. The van der Waals surface area contributed by atoms with Crippen molar-refractivity contribution in [2.75, 3.05) is 6.61 Å². The number of amides is 3. The smallest absolute Gasteiger partial charge is 0.325 e. The Morgan fingerprint density at radius 1 is 1.30 bits per heavy atom. The highest BCUT2D eigenvalue weighted by molar-refractivity contribution is 6.05. The van der Waals surface area contributed by atoms with Crippen LogP contribution in [0.5, 0.6) is 0 Å². The lowest BCUT2D eigenvalue weighted by atomic mass is 10.1. The number of carbonyl (C=O) groups excluding carboxylic acids is 3. The molecule has 1 atom stereocenters. The van der Waals surface area contributed by atoms with E-state index in [-0.39, 0.29) is 19.6 Å². The average Bonchev–Trinajstić information content (AvgIpc) is 2.67. The molecule has 2 rings (SSSR count). The van der Waals surface area contributed by atoms with Crippen LogP contribution in [0, 0.1) is 0 Å². The molecule has 1 unspecified atom stereocenters. The molecule has 1 saturated heterocycles. The van der Waals surface area contributed by atoms with Gasteiger partial charge in [-0.25, -0.2) is 4.79 Å². The van der Waals surface area contributed by atoms with Crippen LogP contribution in [0.1, 0.15) is 18.9 Å². The van der Waals surface area contributed by atoms with Crippen molar-refractivity contribution in [3.8, 4) is 0 Å². The van der Waals surface area contributed by atoms with Gasteiger partial charge in [-0.3, -0.25) is 14.9 Å². The largest absolute Gasteiger partial charge is 0.466 e. The van der Waals surface area contributed by atoms with E-state index in [1.54, 1.807) is 6.92 Å². The van der Waals surface area contributed by atoms with Crippen molar-refractivity contribution in [3.05, 3.63) is 35.9 Å². The highest BCUT2D eigenvalue weighted by Gasteiger charge is 2.39. The average molecular weight is 276 g/mol. The fraction of sp³-hybridized carbons (Fsp3) is 0.357. The molecule has 20 heavy (non-hydrogen) atoms. The Kier molecular flexibility index (Phi) is 4.34. The maximum absolute atomic E-state index is 11.8. The first-order chi connectivity index (χ1) is 9.61. The molecule has 1 heterocycles. The van der Waals surface area contributed by atoms with Crippen LogP contribution in [0.2, 0.25) is 0 Å². The number of nitrogens with zero attached hydrogens (tertiary/aromatic N) is 1. The van der Waals surface area contributed by atoms with E-state index in [0.29, 0.717) is 0 Å². The van der Waals surface area contributed by atoms with E-state index in [9.17, 15) is 14.4 Å². The van der Waals surface area contributed by atoms with Crippen molar-refractivity contribution in [1.29, 1.82) is 0 Å². The SMILES string of the molecule is CCOC(=O)CC1C(=O)NC(=O)N1Cc1ccccc1. The van der Waals surface area contributed by atoms with Gasteiger partial charge in [0.1, 0.15) is 6.04 Å². The Hall–Kier alpha value is -2.37. The molecule has 106 valence electrons. The highest BCUT2D eigenvalue weighted by atomic mass is 16.5. The van der Waals surface area contributed by atoms with Crippen LogP contribution in [0.3, 0.4) is 0 Å². The Balaban J connectivity index is 2.09. The van der Waals surface area contributed by atoms with Gasteiger partial charge in [0.25, 0.3) is 5.91 Å². The summed E-state index contributed by atoms with van der Waals surface area (Å²) < 4.78 is 4.83. The number of rotatable bonds is 5. The van der Waals surface area contributed by atoms with Crippen molar-refractivity contribution >= 4 is 17.9 Å². The molecule has 1 aliphatic heterocycles. The Morgan fingerprint density at radius 2 is 2.00 bits per heavy atom. The first-order valence-corrected chi connectivity index (χ1v) is 6.43. The molecule has 6 heteroatoms. The quantitative estimate of drug-likeness (QED) is 0.644. The minimum atomic E-state index is -0.804. The molecule has 0 bridgehead atoms. The normalized spacial score (nSPS) is 18.1. The van der Waals surface area contributed by atoms with Crippen LogP contribution in [0.15, 0.2) is 30.3 Å². The lowest BCUT2D eigenvalue weighted by Crippen LogP contribution is -2.36. The summed E-state index contributed by atoms with van der Waals surface area (Å²) in [5.74, 6) is -0.945. The zero-order valence-electron chi connectivity index (χ0n) is 11.2. The standard InChI is InChI=1S/C14H16N2O4/c1-2-20-12(17)8-11-13(18)15-14(19)16(11)9-10-6-4-3-5-7-10/h3-7,11H,2,8-9H2,1H3,(H,15,18,19). The zero-order chi connectivity index (χ0) is 14.5. The van der Waals surface area contributed by atoms with Gasteiger partial charge in [-0.05, 0) is 12.5 Å². The zero-order valence-corrected chi connectivity index (χ0v) is 11.2. The van der Waals surface area contributed by atoms with Crippen molar-refractivity contribution in [2.45, 2.75) is 25.9 Å². The van der Waals surface area contributed by atoms with Gasteiger partial charge in [0.05, 0.1) is 13.0 Å². The van der Waals surface area contributed by atoms with Gasteiger partial charge in [-0.15, -0.1) is 0 Å². The van der Waals surface area contributed by atoms with Gasteiger partial charge >= 0.3 is 12.0 Å². The number of nitrogens with one attached hydrogen (secondary N) is 1. The molecule has 1 aromatic carbocycles. The molecule has 1 aliphatic rings. The molecular weight excluding hydrogens is 260 g/mol. The molecule has 6 nitrogen and oxygen atoms in total. The molecule has 3 amide bonds. The predicted octanol–water partition coefficient (Wildman–Crippen LogP) is 1.06. The number of urea groups is 1. The van der Waals surface area contributed by atoms with Gasteiger partial charge in [0, 0.05) is 6.54 Å². The lowest BCUT2D eigenvalue weighted by molar-refractivity contribution is -0.145. The first kappa shape index (κ1) is 14.0. The Labute approximate surface area is 116 Å². The van der Waals surface area contributed by atoms with E-state index in [1.807, 2.05) is 30.3 Å². The van der Waals surface area contributed by atoms with Crippen LogP contribution in [-0.4, -0.2) is 35.5 Å². The summed E-state index contributed by atoms with van der Waals surface area (Å²) in [7, 11) is 0. The van der Waals surface area contributed by atoms with Gasteiger partial charge < -0.3 is 9.64 Å². The Bertz CT molecular complexity index is 515. The van der Waals surface area contributed by atoms with E-state index in [2.05, 4.69) is 5.32 Å². The summed E-state index contributed by atoms with van der Waals surface area (Å²) in [5, 5.41) is 2.22. The summed E-state index contributed by atoms with van der Waals surface area (Å²) in [6, 6.07) is 8.01. The van der Waals surface area contributed by atoms with Crippen molar-refractivity contribution in [3.63, 3.8) is 0 Å². The second-order valence-corrected chi connectivity index (χ2v) is 4.43. The van der Waals surface area contributed by atoms with Crippen LogP contribution in [-0.2, 0) is 20.9 Å². The monoisotopic (exact) mass is 276 g/mol. The maximum Gasteiger partial charge on any atom is 0.325 e. The second kappa shape index (κ2) is 6.18. The third-order valence-electron chi connectivity index (χ3n) is 3.03. The summed E-state index contributed by atoms with van der Waals surface area (Å²) in [5.41, 5.74) is 0.895. The fourth-order valence-electron chi connectivity index (χ4n) is 2.09. The maximum atomic E-state index is 11.8. The molecule has 1 aromatic rings. The number of hydrogen-bond acceptors (Lipinski definition) is 4. The summed E-state index contributed by atoms with van der Waals surface area (Å²) in [4.78, 5) is 36.4. The summed E-state index contributed by atoms with van der Waals surface area (Å²) >= 11 is 0. The molecule has 1 N–H and O–H groups in total. The molecule has 0 aliphatic carbocycles. The molecule has 0 spiro atoms. The Morgan fingerprint density at radius 3 is 2.65 bits per heavy atom. The molecule has 1 fully saturated rings. The van der Waals surface area contributed by atoms with E-state index in [1.165, 1.54) is 4.90 Å². The van der Waals surface area contributed by atoms with Crippen LogP contribution in [0.25, 0.3) is 0 Å². The summed E-state index contributed by atoms with van der Waals surface area (Å²) in [6.45, 7) is 2.22. The summed E-state index contributed by atoms with van der Waals surface area (Å²) in [6.07, 6.45) is -0.127. The van der Waals surface area contributed by atoms with E-state index in [0.717, 1.165) is 5.56 Å². The number of benzene rings is 1. The predicted molar refractivity (Wildman–Crippen MR) is 70.6 cm³/mol. The topological polar surface area (TPSA) is 75.7 Å². The molecule has 0 aromatic heterocycles. The van der Waals surface area contributed by atoms with Crippen molar-refractivity contribution < 1.29 is 19.1 Å². The first-order valence-electron chi connectivity index (χ1n) is 6.43. The number of esters is 1. The van der Waals surface area contributed by atoms with Crippen LogP contribution in [0.4, 0.5) is 4.79 Å². The number of ether oxygens (including phenoxy) is 1. The third kappa shape index (κ3) is 3.14. The minimum Gasteiger partial charge on any atom is -0.466 e. The van der Waals surface area contributed by atoms with Gasteiger partial charge in [-0.1, -0.05) is 30.3 Å². The van der Waals surface area contributed by atoms with Crippen molar-refractivity contribution in [1.82, 2.24) is 10.2 Å². The highest BCUT2D eigenvalue weighted by Crippen LogP contribution is 2.17.